The third kappa shape index (κ3) is 3.54. The predicted molar refractivity (Wildman–Crippen MR) is 91.0 cm³/mol. The van der Waals surface area contributed by atoms with E-state index in [0.717, 1.165) is 31.3 Å². The van der Waals surface area contributed by atoms with Crippen molar-refractivity contribution in [1.82, 2.24) is 9.88 Å². The Morgan fingerprint density at radius 3 is 2.79 bits per heavy atom. The molecule has 6 heteroatoms. The Morgan fingerprint density at radius 1 is 1.17 bits per heavy atom. The molecule has 0 fully saturated rings. The predicted octanol–water partition coefficient (Wildman–Crippen LogP) is 4.14. The zero-order valence-electron chi connectivity index (χ0n) is 13.6. The van der Waals surface area contributed by atoms with Crippen LogP contribution in [-0.2, 0) is 0 Å². The summed E-state index contributed by atoms with van der Waals surface area (Å²) in [6, 6.07) is 9.46. The summed E-state index contributed by atoms with van der Waals surface area (Å²) >= 11 is 0. The Kier molecular flexibility index (Phi) is 4.76. The number of oxazole rings is 1. The minimum Gasteiger partial charge on any atom is -0.436 e. The van der Waals surface area contributed by atoms with Gasteiger partial charge in [-0.05, 0) is 51.3 Å². The SMILES string of the molecule is CN(C)CCCNc1ccc2nc(-c3cccc(F)c3F)oc2c1. The highest BCUT2D eigenvalue weighted by Crippen LogP contribution is 2.28. The summed E-state index contributed by atoms with van der Waals surface area (Å²) in [6.07, 6.45) is 1.02. The summed E-state index contributed by atoms with van der Waals surface area (Å²) in [5.74, 6) is -1.80. The number of nitrogens with one attached hydrogen (secondary N) is 1. The minimum absolute atomic E-state index is 0.0201. The zero-order valence-corrected chi connectivity index (χ0v) is 13.6. The molecule has 0 unspecified atom stereocenters. The number of hydrogen-bond acceptors (Lipinski definition) is 4. The highest BCUT2D eigenvalue weighted by Gasteiger charge is 2.15. The maximum absolute atomic E-state index is 13.9. The van der Waals surface area contributed by atoms with Crippen LogP contribution in [0, 0.1) is 11.6 Å². The maximum atomic E-state index is 13.9. The monoisotopic (exact) mass is 331 g/mol. The average molecular weight is 331 g/mol. The minimum atomic E-state index is -0.953. The summed E-state index contributed by atoms with van der Waals surface area (Å²) in [7, 11) is 4.07. The fourth-order valence-corrected chi connectivity index (χ4v) is 2.45. The first-order valence-corrected chi connectivity index (χ1v) is 7.78. The number of halogens is 2. The van der Waals surface area contributed by atoms with Gasteiger partial charge in [0.2, 0.25) is 5.89 Å². The Bertz CT molecular complexity index is 845. The largest absolute Gasteiger partial charge is 0.436 e. The number of aromatic nitrogens is 1. The van der Waals surface area contributed by atoms with Crippen molar-refractivity contribution in [2.45, 2.75) is 6.42 Å². The summed E-state index contributed by atoms with van der Waals surface area (Å²) < 4.78 is 32.8. The first-order chi connectivity index (χ1) is 11.5. The molecule has 1 aromatic heterocycles. The first-order valence-electron chi connectivity index (χ1n) is 7.78. The Balaban J connectivity index is 1.80. The molecule has 0 aliphatic rings. The Labute approximate surface area is 139 Å². The molecule has 0 radical (unpaired) electrons. The van der Waals surface area contributed by atoms with Gasteiger partial charge in [0.25, 0.3) is 0 Å². The van der Waals surface area contributed by atoms with Crippen molar-refractivity contribution in [3.8, 4) is 11.5 Å². The van der Waals surface area contributed by atoms with Gasteiger partial charge >= 0.3 is 0 Å². The van der Waals surface area contributed by atoms with Gasteiger partial charge in [0.05, 0.1) is 5.56 Å². The van der Waals surface area contributed by atoms with Crippen LogP contribution in [0.15, 0.2) is 40.8 Å². The summed E-state index contributed by atoms with van der Waals surface area (Å²) in [6.45, 7) is 1.84. The molecule has 0 saturated carbocycles. The Morgan fingerprint density at radius 2 is 2.00 bits per heavy atom. The summed E-state index contributed by atoms with van der Waals surface area (Å²) in [5, 5.41) is 3.31. The second-order valence-corrected chi connectivity index (χ2v) is 5.89. The first kappa shape index (κ1) is 16.4. The van der Waals surface area contributed by atoms with E-state index in [1.165, 1.54) is 12.1 Å². The molecule has 0 bridgehead atoms. The van der Waals surface area contributed by atoms with Crippen LogP contribution in [0.3, 0.4) is 0 Å². The van der Waals surface area contributed by atoms with Gasteiger partial charge in [-0.15, -0.1) is 0 Å². The molecule has 3 rings (SSSR count). The number of nitrogens with zero attached hydrogens (tertiary/aromatic N) is 2. The maximum Gasteiger partial charge on any atom is 0.230 e. The molecule has 4 nitrogen and oxygen atoms in total. The van der Waals surface area contributed by atoms with Gasteiger partial charge in [-0.1, -0.05) is 6.07 Å². The molecule has 0 amide bonds. The van der Waals surface area contributed by atoms with E-state index >= 15 is 0 Å². The normalized spacial score (nSPS) is 11.4. The standard InChI is InChI=1S/C18H19F2N3O/c1-23(2)10-4-9-21-12-7-8-15-16(11-12)24-18(22-15)13-5-3-6-14(19)17(13)20/h3,5-8,11,21H,4,9-10H2,1-2H3. The lowest BCUT2D eigenvalue weighted by Crippen LogP contribution is -2.16. The smallest absolute Gasteiger partial charge is 0.230 e. The molecule has 0 saturated heterocycles. The molecule has 1 heterocycles. The highest BCUT2D eigenvalue weighted by molar-refractivity contribution is 5.80. The van der Waals surface area contributed by atoms with E-state index in [0.29, 0.717) is 11.1 Å². The number of rotatable bonds is 6. The molecule has 0 aliphatic carbocycles. The molecular weight excluding hydrogens is 312 g/mol. The molecule has 0 atom stereocenters. The van der Waals surface area contributed by atoms with Gasteiger partial charge in [0, 0.05) is 18.3 Å². The quantitative estimate of drug-likeness (QED) is 0.689. The third-order valence-electron chi connectivity index (χ3n) is 3.68. The summed E-state index contributed by atoms with van der Waals surface area (Å²) in [5.41, 5.74) is 2.06. The van der Waals surface area contributed by atoms with Crippen molar-refractivity contribution < 1.29 is 13.2 Å². The second kappa shape index (κ2) is 6.97. The van der Waals surface area contributed by atoms with Crippen LogP contribution in [0.4, 0.5) is 14.5 Å². The fourth-order valence-electron chi connectivity index (χ4n) is 2.45. The highest BCUT2D eigenvalue weighted by atomic mass is 19.2. The Hall–Kier alpha value is -2.47. The molecule has 0 aliphatic heterocycles. The van der Waals surface area contributed by atoms with Crippen molar-refractivity contribution >= 4 is 16.8 Å². The van der Waals surface area contributed by atoms with E-state index in [-0.39, 0.29) is 11.5 Å². The lowest BCUT2D eigenvalue weighted by Gasteiger charge is -2.10. The van der Waals surface area contributed by atoms with Crippen molar-refractivity contribution in [2.75, 3.05) is 32.5 Å². The topological polar surface area (TPSA) is 41.3 Å². The van der Waals surface area contributed by atoms with Crippen LogP contribution in [0.2, 0.25) is 0 Å². The van der Waals surface area contributed by atoms with E-state index in [9.17, 15) is 8.78 Å². The fraction of sp³-hybridized carbons (Fsp3) is 0.278. The number of benzene rings is 2. The van der Waals surface area contributed by atoms with Crippen LogP contribution in [0.1, 0.15) is 6.42 Å². The van der Waals surface area contributed by atoms with Crippen LogP contribution in [-0.4, -0.2) is 37.1 Å². The van der Waals surface area contributed by atoms with Crippen molar-refractivity contribution in [3.05, 3.63) is 48.0 Å². The molecule has 126 valence electrons. The van der Waals surface area contributed by atoms with Gasteiger partial charge in [0.15, 0.2) is 17.2 Å². The van der Waals surface area contributed by atoms with E-state index in [2.05, 4.69) is 15.2 Å². The third-order valence-corrected chi connectivity index (χ3v) is 3.68. The van der Waals surface area contributed by atoms with E-state index in [1.807, 2.05) is 26.2 Å². The lowest BCUT2D eigenvalue weighted by atomic mass is 10.2. The molecule has 2 aromatic carbocycles. The van der Waals surface area contributed by atoms with Gasteiger partial charge in [0.1, 0.15) is 5.52 Å². The number of fused-ring (bicyclic) bond motifs is 1. The van der Waals surface area contributed by atoms with Gasteiger partial charge < -0.3 is 14.6 Å². The second-order valence-electron chi connectivity index (χ2n) is 5.89. The lowest BCUT2D eigenvalue weighted by molar-refractivity contribution is 0.405. The average Bonchev–Trinajstić information content (AvgIpc) is 2.97. The van der Waals surface area contributed by atoms with Crippen LogP contribution < -0.4 is 5.32 Å². The van der Waals surface area contributed by atoms with Crippen LogP contribution in [0.5, 0.6) is 0 Å². The van der Waals surface area contributed by atoms with E-state index in [1.54, 1.807) is 6.07 Å². The van der Waals surface area contributed by atoms with Crippen LogP contribution >= 0.6 is 0 Å². The zero-order chi connectivity index (χ0) is 17.1. The summed E-state index contributed by atoms with van der Waals surface area (Å²) in [4.78, 5) is 6.36. The molecule has 24 heavy (non-hydrogen) atoms. The van der Waals surface area contributed by atoms with Crippen molar-refractivity contribution in [1.29, 1.82) is 0 Å². The molecule has 1 N–H and O–H groups in total. The van der Waals surface area contributed by atoms with Gasteiger partial charge in [-0.25, -0.2) is 13.8 Å². The molecular formula is C18H19F2N3O. The number of anilines is 1. The van der Waals surface area contributed by atoms with Gasteiger partial charge in [-0.2, -0.15) is 0 Å². The van der Waals surface area contributed by atoms with Crippen molar-refractivity contribution in [2.24, 2.45) is 0 Å². The van der Waals surface area contributed by atoms with Crippen LogP contribution in [0.25, 0.3) is 22.6 Å². The van der Waals surface area contributed by atoms with E-state index < -0.39 is 11.6 Å². The van der Waals surface area contributed by atoms with Gasteiger partial charge in [-0.3, -0.25) is 0 Å². The molecule has 0 spiro atoms. The van der Waals surface area contributed by atoms with Crippen molar-refractivity contribution in [3.63, 3.8) is 0 Å². The molecule has 3 aromatic rings. The number of hydrogen-bond donors (Lipinski definition) is 1. The van der Waals surface area contributed by atoms with E-state index in [4.69, 9.17) is 4.42 Å².